The first-order chi connectivity index (χ1) is 6.20. The third-order valence-electron chi connectivity index (χ3n) is 2.18. The van der Waals surface area contributed by atoms with Gasteiger partial charge in [0.05, 0.1) is 5.69 Å². The van der Waals surface area contributed by atoms with Crippen LogP contribution in [0.1, 0.15) is 49.4 Å². The lowest BCUT2D eigenvalue weighted by Gasteiger charge is -2.14. The topological polar surface area (TPSA) is 22.0 Å². The highest BCUT2D eigenvalue weighted by Crippen LogP contribution is 2.16. The Kier molecular flexibility index (Phi) is 3.29. The van der Waals surface area contributed by atoms with Gasteiger partial charge in [-0.15, -0.1) is 0 Å². The summed E-state index contributed by atoms with van der Waals surface area (Å²) >= 11 is 0. The fourth-order valence-corrected chi connectivity index (χ4v) is 1.69. The fourth-order valence-electron chi connectivity index (χ4n) is 1.69. The average Bonchev–Trinajstić information content (AvgIpc) is 2.48. The zero-order valence-corrected chi connectivity index (χ0v) is 8.58. The van der Waals surface area contributed by atoms with Gasteiger partial charge in [-0.1, -0.05) is 13.3 Å². The molecule has 0 spiro atoms. The second kappa shape index (κ2) is 4.26. The molecule has 0 saturated carbocycles. The van der Waals surface area contributed by atoms with Crippen molar-refractivity contribution in [2.75, 3.05) is 0 Å². The van der Waals surface area contributed by atoms with Crippen LogP contribution in [0, 0.1) is 0 Å². The Morgan fingerprint density at radius 1 is 1.46 bits per heavy atom. The number of aldehydes is 1. The maximum absolute atomic E-state index is 10.7. The van der Waals surface area contributed by atoms with Crippen LogP contribution in [0.2, 0.25) is 0 Å². The zero-order valence-electron chi connectivity index (χ0n) is 8.58. The molecule has 0 aliphatic heterocycles. The van der Waals surface area contributed by atoms with E-state index in [9.17, 15) is 4.79 Å². The van der Waals surface area contributed by atoms with Gasteiger partial charge in [0, 0.05) is 11.7 Å². The molecule has 0 aliphatic carbocycles. The monoisotopic (exact) mass is 179 g/mol. The van der Waals surface area contributed by atoms with E-state index in [1.54, 1.807) is 0 Å². The van der Waals surface area contributed by atoms with Crippen molar-refractivity contribution in [3.05, 3.63) is 23.5 Å². The van der Waals surface area contributed by atoms with Crippen molar-refractivity contribution in [2.24, 2.45) is 0 Å². The quantitative estimate of drug-likeness (QED) is 0.651. The molecule has 0 aromatic carbocycles. The number of rotatable bonds is 4. The number of hydrogen-bond acceptors (Lipinski definition) is 1. The van der Waals surface area contributed by atoms with E-state index in [-0.39, 0.29) is 0 Å². The first-order valence-corrected chi connectivity index (χ1v) is 4.86. The summed E-state index contributed by atoms with van der Waals surface area (Å²) in [4.78, 5) is 10.7. The van der Waals surface area contributed by atoms with Gasteiger partial charge < -0.3 is 4.57 Å². The van der Waals surface area contributed by atoms with Gasteiger partial charge in [-0.2, -0.15) is 0 Å². The standard InChI is InChI=1S/C11H17NO/c1-4-5-10-6-7-11(8-13)12(10)9(2)3/h6-9H,4-5H2,1-3H3. The number of nitrogens with zero attached hydrogens (tertiary/aromatic N) is 1. The molecule has 72 valence electrons. The van der Waals surface area contributed by atoms with Gasteiger partial charge in [0.25, 0.3) is 0 Å². The van der Waals surface area contributed by atoms with Crippen LogP contribution in [0.5, 0.6) is 0 Å². The molecule has 0 saturated heterocycles. The normalized spacial score (nSPS) is 10.8. The van der Waals surface area contributed by atoms with E-state index in [4.69, 9.17) is 0 Å². The van der Waals surface area contributed by atoms with Crippen LogP contribution in [0.4, 0.5) is 0 Å². The molecule has 1 aromatic heterocycles. The molecule has 0 amide bonds. The van der Waals surface area contributed by atoms with Crippen molar-refractivity contribution in [1.82, 2.24) is 4.57 Å². The van der Waals surface area contributed by atoms with Crippen LogP contribution in [0.15, 0.2) is 12.1 Å². The third-order valence-corrected chi connectivity index (χ3v) is 2.18. The van der Waals surface area contributed by atoms with Crippen molar-refractivity contribution in [2.45, 2.75) is 39.7 Å². The Morgan fingerprint density at radius 3 is 2.62 bits per heavy atom. The maximum Gasteiger partial charge on any atom is 0.166 e. The second-order valence-corrected chi connectivity index (χ2v) is 3.58. The molecule has 0 bridgehead atoms. The summed E-state index contributed by atoms with van der Waals surface area (Å²) in [7, 11) is 0. The van der Waals surface area contributed by atoms with Gasteiger partial charge in [0.1, 0.15) is 0 Å². The van der Waals surface area contributed by atoms with Crippen molar-refractivity contribution in [3.63, 3.8) is 0 Å². The molecular weight excluding hydrogens is 162 g/mol. The lowest BCUT2D eigenvalue weighted by atomic mass is 10.2. The van der Waals surface area contributed by atoms with E-state index < -0.39 is 0 Å². The molecule has 1 heterocycles. The molecule has 2 heteroatoms. The fraction of sp³-hybridized carbons (Fsp3) is 0.545. The molecule has 1 rings (SSSR count). The lowest BCUT2D eigenvalue weighted by molar-refractivity contribution is 0.111. The second-order valence-electron chi connectivity index (χ2n) is 3.58. The van der Waals surface area contributed by atoms with E-state index in [0.29, 0.717) is 6.04 Å². The number of aromatic nitrogens is 1. The third kappa shape index (κ3) is 2.00. The Hall–Kier alpha value is -1.05. The predicted octanol–water partition coefficient (Wildman–Crippen LogP) is 2.83. The summed E-state index contributed by atoms with van der Waals surface area (Å²) in [5, 5.41) is 0. The maximum atomic E-state index is 10.7. The van der Waals surface area contributed by atoms with Crippen molar-refractivity contribution < 1.29 is 4.79 Å². The summed E-state index contributed by atoms with van der Waals surface area (Å²) < 4.78 is 2.11. The minimum Gasteiger partial charge on any atom is -0.340 e. The van der Waals surface area contributed by atoms with Gasteiger partial charge in [-0.05, 0) is 32.4 Å². The van der Waals surface area contributed by atoms with E-state index >= 15 is 0 Å². The molecule has 0 fully saturated rings. The van der Waals surface area contributed by atoms with E-state index in [1.165, 1.54) is 5.69 Å². The first-order valence-electron chi connectivity index (χ1n) is 4.86. The largest absolute Gasteiger partial charge is 0.340 e. The summed E-state index contributed by atoms with van der Waals surface area (Å²) in [5.41, 5.74) is 2.05. The van der Waals surface area contributed by atoms with Crippen LogP contribution >= 0.6 is 0 Å². The molecule has 0 N–H and O–H groups in total. The summed E-state index contributed by atoms with van der Waals surface area (Å²) in [6.45, 7) is 6.36. The van der Waals surface area contributed by atoms with E-state index in [2.05, 4.69) is 25.3 Å². The molecule has 13 heavy (non-hydrogen) atoms. The highest BCUT2D eigenvalue weighted by molar-refractivity contribution is 5.72. The van der Waals surface area contributed by atoms with Crippen LogP contribution in [0.25, 0.3) is 0 Å². The van der Waals surface area contributed by atoms with Crippen molar-refractivity contribution in [3.8, 4) is 0 Å². The number of aryl methyl sites for hydroxylation is 1. The summed E-state index contributed by atoms with van der Waals surface area (Å²) in [6.07, 6.45) is 3.10. The van der Waals surface area contributed by atoms with Crippen LogP contribution in [-0.2, 0) is 6.42 Å². The molecule has 0 atom stereocenters. The summed E-state index contributed by atoms with van der Waals surface area (Å²) in [6, 6.07) is 4.32. The van der Waals surface area contributed by atoms with Crippen LogP contribution in [0.3, 0.4) is 0 Å². The average molecular weight is 179 g/mol. The zero-order chi connectivity index (χ0) is 9.84. The van der Waals surface area contributed by atoms with Gasteiger partial charge >= 0.3 is 0 Å². The van der Waals surface area contributed by atoms with E-state index in [1.807, 2.05) is 12.1 Å². The van der Waals surface area contributed by atoms with Gasteiger partial charge in [-0.3, -0.25) is 4.79 Å². The SMILES string of the molecule is CCCc1ccc(C=O)n1C(C)C. The van der Waals surface area contributed by atoms with Crippen LogP contribution < -0.4 is 0 Å². The Morgan fingerprint density at radius 2 is 2.15 bits per heavy atom. The number of carbonyl (C=O) groups excluding carboxylic acids is 1. The summed E-state index contributed by atoms with van der Waals surface area (Å²) in [5.74, 6) is 0. The molecule has 0 aliphatic rings. The number of hydrogen-bond donors (Lipinski definition) is 0. The highest BCUT2D eigenvalue weighted by Gasteiger charge is 2.08. The Balaban J connectivity index is 3.06. The smallest absolute Gasteiger partial charge is 0.166 e. The molecule has 0 radical (unpaired) electrons. The Bertz CT molecular complexity index is 286. The number of carbonyl (C=O) groups is 1. The minimum absolute atomic E-state index is 0.372. The van der Waals surface area contributed by atoms with Gasteiger partial charge in [0.2, 0.25) is 0 Å². The van der Waals surface area contributed by atoms with Crippen molar-refractivity contribution in [1.29, 1.82) is 0 Å². The van der Waals surface area contributed by atoms with Gasteiger partial charge in [-0.25, -0.2) is 0 Å². The minimum atomic E-state index is 0.372. The molecule has 2 nitrogen and oxygen atoms in total. The van der Waals surface area contributed by atoms with Gasteiger partial charge in [0.15, 0.2) is 6.29 Å². The first kappa shape index (κ1) is 10.0. The van der Waals surface area contributed by atoms with Crippen LogP contribution in [-0.4, -0.2) is 10.9 Å². The Labute approximate surface area is 79.6 Å². The lowest BCUT2D eigenvalue weighted by Crippen LogP contribution is -2.08. The molecule has 1 aromatic rings. The van der Waals surface area contributed by atoms with E-state index in [0.717, 1.165) is 24.8 Å². The van der Waals surface area contributed by atoms with Crippen molar-refractivity contribution >= 4 is 6.29 Å². The predicted molar refractivity (Wildman–Crippen MR) is 54.2 cm³/mol. The molecule has 0 unspecified atom stereocenters. The highest BCUT2D eigenvalue weighted by atomic mass is 16.1. The molecular formula is C11H17NO.